The Labute approximate surface area is 134 Å². The maximum Gasteiger partial charge on any atom is 0.418 e. The second-order valence-corrected chi connectivity index (χ2v) is 4.77. The van der Waals surface area contributed by atoms with Crippen molar-refractivity contribution in [2.75, 3.05) is 18.4 Å². The normalized spacial score (nSPS) is 14.2. The van der Waals surface area contributed by atoms with Gasteiger partial charge >= 0.3 is 18.2 Å². The summed E-state index contributed by atoms with van der Waals surface area (Å²) in [6, 6.07) is 2.34. The summed E-state index contributed by atoms with van der Waals surface area (Å²) in [5.41, 5.74) is 5.75. The van der Waals surface area contributed by atoms with Gasteiger partial charge in [-0.3, -0.25) is 4.99 Å². The van der Waals surface area contributed by atoms with Crippen molar-refractivity contribution in [3.05, 3.63) is 29.8 Å². The summed E-state index contributed by atoms with van der Waals surface area (Å²) in [6.07, 6.45) is -3.90. The number of benzene rings is 1. The molecule has 0 saturated heterocycles. The number of nitrogens with two attached hydrogens (primary N) is 1. The van der Waals surface area contributed by atoms with Crippen LogP contribution in [0.25, 0.3) is 0 Å². The lowest BCUT2D eigenvalue weighted by Crippen LogP contribution is -2.58. The number of alkyl halides is 3. The summed E-state index contributed by atoms with van der Waals surface area (Å²) < 4.78 is 38.7. The van der Waals surface area contributed by atoms with Gasteiger partial charge in [-0.05, 0) is 18.6 Å². The van der Waals surface area contributed by atoms with Crippen LogP contribution in [-0.4, -0.2) is 36.1 Å². The summed E-state index contributed by atoms with van der Waals surface area (Å²) in [5, 5.41) is 5.43. The minimum Gasteiger partial charge on any atom is -0.354 e. The number of carbonyl (C=O) groups is 2. The molecule has 1 aliphatic rings. The Balaban J connectivity index is 2.12. The molecule has 0 saturated carbocycles. The van der Waals surface area contributed by atoms with Gasteiger partial charge in [0.25, 0.3) is 0 Å². The van der Waals surface area contributed by atoms with E-state index in [-0.39, 0.29) is 5.96 Å². The summed E-state index contributed by atoms with van der Waals surface area (Å²) in [5.74, 6) is 0.0213. The average Bonchev–Trinajstić information content (AvgIpc) is 2.52. The Morgan fingerprint density at radius 2 is 2.00 bits per heavy atom. The number of amides is 4. The van der Waals surface area contributed by atoms with Crippen LogP contribution in [0.2, 0.25) is 0 Å². The van der Waals surface area contributed by atoms with Crippen LogP contribution in [0.3, 0.4) is 0 Å². The summed E-state index contributed by atoms with van der Waals surface area (Å²) >= 11 is 0. The van der Waals surface area contributed by atoms with Crippen LogP contribution < -0.4 is 21.8 Å². The zero-order valence-corrected chi connectivity index (χ0v) is 12.4. The van der Waals surface area contributed by atoms with E-state index in [2.05, 4.69) is 15.7 Å². The van der Waals surface area contributed by atoms with Gasteiger partial charge in [-0.25, -0.2) is 15.0 Å². The lowest BCUT2D eigenvalue weighted by atomic mass is 10.1. The lowest BCUT2D eigenvalue weighted by molar-refractivity contribution is -0.136. The quantitative estimate of drug-likeness (QED) is 0.579. The zero-order chi connectivity index (χ0) is 17.7. The highest BCUT2D eigenvalue weighted by atomic mass is 19.4. The number of halogens is 3. The fourth-order valence-corrected chi connectivity index (χ4v) is 1.97. The predicted octanol–water partition coefficient (Wildman–Crippen LogP) is 1.47. The van der Waals surface area contributed by atoms with Crippen molar-refractivity contribution in [1.82, 2.24) is 15.8 Å². The number of para-hydroxylation sites is 1. The molecule has 0 atom stereocenters. The van der Waals surface area contributed by atoms with E-state index in [1.54, 1.807) is 0 Å². The number of guanidine groups is 1. The number of nitrogens with zero attached hydrogens (tertiary/aromatic N) is 2. The van der Waals surface area contributed by atoms with Crippen LogP contribution in [0, 0.1) is 0 Å². The number of aliphatic imine (C=N–C) groups is 1. The molecule has 0 fully saturated rings. The highest BCUT2D eigenvalue weighted by molar-refractivity contribution is 5.99. The summed E-state index contributed by atoms with van der Waals surface area (Å²) in [6.45, 7) is 0.940. The fraction of sp³-hybridized carbons (Fsp3) is 0.308. The van der Waals surface area contributed by atoms with E-state index in [1.807, 2.05) is 5.32 Å². The second kappa shape index (κ2) is 7.06. The summed E-state index contributed by atoms with van der Waals surface area (Å²) in [7, 11) is 0. The number of rotatable bonds is 1. The van der Waals surface area contributed by atoms with Gasteiger partial charge in [-0.1, -0.05) is 12.1 Å². The molecule has 8 nitrogen and oxygen atoms in total. The molecule has 130 valence electrons. The van der Waals surface area contributed by atoms with Gasteiger partial charge in [-0.15, -0.1) is 0 Å². The van der Waals surface area contributed by atoms with Gasteiger partial charge in [0.15, 0.2) is 0 Å². The van der Waals surface area contributed by atoms with Crippen LogP contribution in [0.4, 0.5) is 28.4 Å². The third-order valence-corrected chi connectivity index (χ3v) is 3.01. The zero-order valence-electron chi connectivity index (χ0n) is 12.4. The molecular formula is C13H15F3N6O2. The molecule has 1 aliphatic heterocycles. The van der Waals surface area contributed by atoms with Crippen molar-refractivity contribution < 1.29 is 22.8 Å². The monoisotopic (exact) mass is 344 g/mol. The van der Waals surface area contributed by atoms with Crippen molar-refractivity contribution in [1.29, 1.82) is 0 Å². The first-order chi connectivity index (χ1) is 11.3. The largest absolute Gasteiger partial charge is 0.418 e. The Morgan fingerprint density at radius 1 is 1.29 bits per heavy atom. The Morgan fingerprint density at radius 3 is 2.58 bits per heavy atom. The molecule has 0 radical (unpaired) electrons. The van der Waals surface area contributed by atoms with E-state index in [1.165, 1.54) is 12.1 Å². The highest BCUT2D eigenvalue weighted by Gasteiger charge is 2.33. The molecule has 4 amide bonds. The molecule has 0 spiro atoms. The van der Waals surface area contributed by atoms with Crippen LogP contribution in [0.5, 0.6) is 0 Å². The highest BCUT2D eigenvalue weighted by Crippen LogP contribution is 2.34. The molecule has 1 aromatic rings. The first-order valence-electron chi connectivity index (χ1n) is 6.91. The van der Waals surface area contributed by atoms with E-state index in [0.717, 1.165) is 18.6 Å². The van der Waals surface area contributed by atoms with Crippen molar-refractivity contribution in [3.63, 3.8) is 0 Å². The Hall–Kier alpha value is -2.98. The number of hydrogen-bond donors (Lipinski definition) is 4. The molecule has 1 heterocycles. The number of primary amides is 1. The molecule has 0 bridgehead atoms. The van der Waals surface area contributed by atoms with Gasteiger partial charge in [0.2, 0.25) is 5.96 Å². The number of nitrogens with one attached hydrogen (secondary N) is 3. The topological polar surface area (TPSA) is 112 Å². The fourth-order valence-electron chi connectivity index (χ4n) is 1.97. The number of urea groups is 2. The van der Waals surface area contributed by atoms with E-state index in [4.69, 9.17) is 5.73 Å². The van der Waals surface area contributed by atoms with Gasteiger partial charge < -0.3 is 16.4 Å². The smallest absolute Gasteiger partial charge is 0.354 e. The van der Waals surface area contributed by atoms with Gasteiger partial charge in [0.05, 0.1) is 11.3 Å². The molecule has 1 aromatic carbocycles. The predicted molar refractivity (Wildman–Crippen MR) is 79.9 cm³/mol. The second-order valence-electron chi connectivity index (χ2n) is 4.77. The molecule has 24 heavy (non-hydrogen) atoms. The third kappa shape index (κ3) is 4.27. The standard InChI is InChI=1S/C13H15F3N6O2/c14-13(15,16)8-4-1-2-5-9(8)20-12(24)21-22(10(17)23)11-18-6-3-7-19-11/h1-2,4-5H,3,6-7H2,(H2,17,23)(H,18,19)(H2,20,21,24). The number of anilines is 1. The Bertz CT molecular complexity index is 661. The third-order valence-electron chi connectivity index (χ3n) is 3.01. The van der Waals surface area contributed by atoms with Crippen molar-refractivity contribution in [3.8, 4) is 0 Å². The average molecular weight is 344 g/mol. The Kier molecular flexibility index (Phi) is 5.11. The van der Waals surface area contributed by atoms with E-state index in [9.17, 15) is 22.8 Å². The number of hydrazine groups is 1. The van der Waals surface area contributed by atoms with E-state index in [0.29, 0.717) is 18.1 Å². The summed E-state index contributed by atoms with van der Waals surface area (Å²) in [4.78, 5) is 27.3. The molecule has 11 heteroatoms. The first-order valence-corrected chi connectivity index (χ1v) is 6.91. The molecule has 0 unspecified atom stereocenters. The lowest BCUT2D eigenvalue weighted by Gasteiger charge is -2.25. The van der Waals surface area contributed by atoms with E-state index < -0.39 is 29.5 Å². The van der Waals surface area contributed by atoms with Gasteiger partial charge in [0.1, 0.15) is 0 Å². The van der Waals surface area contributed by atoms with E-state index >= 15 is 0 Å². The minimum absolute atomic E-state index is 0.0213. The molecule has 0 aromatic heterocycles. The van der Waals surface area contributed by atoms with Crippen LogP contribution in [0.1, 0.15) is 12.0 Å². The van der Waals surface area contributed by atoms with Crippen LogP contribution in [-0.2, 0) is 6.18 Å². The maximum atomic E-state index is 12.9. The van der Waals surface area contributed by atoms with Crippen molar-refractivity contribution in [2.24, 2.45) is 10.7 Å². The van der Waals surface area contributed by atoms with Gasteiger partial charge in [-0.2, -0.15) is 18.2 Å². The number of carbonyl (C=O) groups excluding carboxylic acids is 2. The minimum atomic E-state index is -4.64. The number of hydrogen-bond acceptors (Lipinski definition) is 4. The maximum absolute atomic E-state index is 12.9. The van der Waals surface area contributed by atoms with Crippen molar-refractivity contribution in [2.45, 2.75) is 12.6 Å². The molecular weight excluding hydrogens is 329 g/mol. The molecule has 5 N–H and O–H groups in total. The first kappa shape index (κ1) is 17.4. The van der Waals surface area contributed by atoms with Gasteiger partial charge in [0, 0.05) is 13.1 Å². The SMILES string of the molecule is NC(=O)N(NC(=O)Nc1ccccc1C(F)(F)F)C1=NCCCN1. The molecule has 2 rings (SSSR count). The van der Waals surface area contributed by atoms with Crippen LogP contribution >= 0.6 is 0 Å². The van der Waals surface area contributed by atoms with Crippen molar-refractivity contribution >= 4 is 23.7 Å². The van der Waals surface area contributed by atoms with Crippen LogP contribution in [0.15, 0.2) is 29.3 Å². The molecule has 0 aliphatic carbocycles.